The van der Waals surface area contributed by atoms with Crippen molar-refractivity contribution in [1.82, 2.24) is 10.6 Å². The highest BCUT2D eigenvalue weighted by Gasteiger charge is 2.28. The maximum atomic E-state index is 12.5. The number of fused-ring (bicyclic) bond motifs is 1. The predicted octanol–water partition coefficient (Wildman–Crippen LogP) is 2.11. The molecular formula is C21H23N3O3. The monoisotopic (exact) mass is 365 g/mol. The number of benzene rings is 2. The molecule has 27 heavy (non-hydrogen) atoms. The Morgan fingerprint density at radius 1 is 1.04 bits per heavy atom. The molecule has 6 heteroatoms. The Morgan fingerprint density at radius 3 is 2.67 bits per heavy atom. The van der Waals surface area contributed by atoms with Crippen LogP contribution >= 0.6 is 0 Å². The Kier molecular flexibility index (Phi) is 5.07. The standard InChI is InChI=1S/C21H23N3O3/c25-20(23-16-8-10-22-11-9-16)15-5-3-6-17(12-15)24-21(26)19-13-14-4-1-2-7-18(14)27-19/h1-7,12,16,19,22H,8-11,13H2,(H,23,25)(H,24,26). The van der Waals surface area contributed by atoms with E-state index in [1.165, 1.54) is 0 Å². The summed E-state index contributed by atoms with van der Waals surface area (Å²) in [6, 6.07) is 14.9. The van der Waals surface area contributed by atoms with Gasteiger partial charge in [-0.2, -0.15) is 0 Å². The van der Waals surface area contributed by atoms with E-state index in [2.05, 4.69) is 16.0 Å². The summed E-state index contributed by atoms with van der Waals surface area (Å²) in [5.41, 5.74) is 2.17. The molecule has 0 aromatic heterocycles. The topological polar surface area (TPSA) is 79.5 Å². The number of amides is 2. The van der Waals surface area contributed by atoms with Gasteiger partial charge in [-0.1, -0.05) is 24.3 Å². The van der Waals surface area contributed by atoms with Crippen LogP contribution in [0.25, 0.3) is 0 Å². The fraction of sp³-hybridized carbons (Fsp3) is 0.333. The van der Waals surface area contributed by atoms with Gasteiger partial charge in [-0.05, 0) is 55.8 Å². The molecule has 1 atom stereocenters. The van der Waals surface area contributed by atoms with Crippen LogP contribution in [0.2, 0.25) is 0 Å². The van der Waals surface area contributed by atoms with Gasteiger partial charge in [-0.25, -0.2) is 0 Å². The van der Waals surface area contributed by atoms with Crippen molar-refractivity contribution in [2.75, 3.05) is 18.4 Å². The molecule has 2 aliphatic heterocycles. The average molecular weight is 365 g/mol. The van der Waals surface area contributed by atoms with Gasteiger partial charge in [0.1, 0.15) is 5.75 Å². The lowest BCUT2D eigenvalue weighted by Gasteiger charge is -2.23. The average Bonchev–Trinajstić information content (AvgIpc) is 3.13. The molecule has 1 unspecified atom stereocenters. The van der Waals surface area contributed by atoms with Gasteiger partial charge in [0, 0.05) is 23.7 Å². The van der Waals surface area contributed by atoms with Gasteiger partial charge in [-0.15, -0.1) is 0 Å². The molecule has 6 nitrogen and oxygen atoms in total. The summed E-state index contributed by atoms with van der Waals surface area (Å²) < 4.78 is 5.72. The second-order valence-electron chi connectivity index (χ2n) is 6.99. The second kappa shape index (κ2) is 7.80. The SMILES string of the molecule is O=C(NC1CCNCC1)c1cccc(NC(=O)C2Cc3ccccc3O2)c1. The molecular weight excluding hydrogens is 342 g/mol. The molecule has 0 bridgehead atoms. The number of hydrogen-bond acceptors (Lipinski definition) is 4. The molecule has 0 aliphatic carbocycles. The zero-order valence-corrected chi connectivity index (χ0v) is 15.0. The van der Waals surface area contributed by atoms with Crippen LogP contribution in [0.4, 0.5) is 5.69 Å². The summed E-state index contributed by atoms with van der Waals surface area (Å²) in [5, 5.41) is 9.21. The predicted molar refractivity (Wildman–Crippen MR) is 103 cm³/mol. The summed E-state index contributed by atoms with van der Waals surface area (Å²) in [4.78, 5) is 25.0. The lowest BCUT2D eigenvalue weighted by molar-refractivity contribution is -0.122. The lowest BCUT2D eigenvalue weighted by atomic mass is 10.1. The fourth-order valence-electron chi connectivity index (χ4n) is 3.52. The van der Waals surface area contributed by atoms with Crippen molar-refractivity contribution in [3.63, 3.8) is 0 Å². The molecule has 2 aromatic rings. The molecule has 140 valence electrons. The third kappa shape index (κ3) is 4.11. The van der Waals surface area contributed by atoms with E-state index in [4.69, 9.17) is 4.74 Å². The van der Waals surface area contributed by atoms with Crippen LogP contribution in [0.15, 0.2) is 48.5 Å². The Balaban J connectivity index is 1.38. The quantitative estimate of drug-likeness (QED) is 0.775. The number of hydrogen-bond donors (Lipinski definition) is 3. The van der Waals surface area contributed by atoms with Gasteiger partial charge in [0.15, 0.2) is 6.10 Å². The molecule has 1 fully saturated rings. The van der Waals surface area contributed by atoms with Crippen molar-refractivity contribution in [3.05, 3.63) is 59.7 Å². The lowest BCUT2D eigenvalue weighted by Crippen LogP contribution is -2.42. The molecule has 2 aliphatic rings. The number of nitrogens with one attached hydrogen (secondary N) is 3. The van der Waals surface area contributed by atoms with Gasteiger partial charge in [-0.3, -0.25) is 9.59 Å². The van der Waals surface area contributed by atoms with E-state index < -0.39 is 6.10 Å². The minimum Gasteiger partial charge on any atom is -0.480 e. The first-order valence-electron chi connectivity index (χ1n) is 9.36. The van der Waals surface area contributed by atoms with E-state index in [1.54, 1.807) is 24.3 Å². The first-order chi connectivity index (χ1) is 13.2. The van der Waals surface area contributed by atoms with Crippen molar-refractivity contribution in [1.29, 1.82) is 0 Å². The van der Waals surface area contributed by atoms with Crippen molar-refractivity contribution in [2.24, 2.45) is 0 Å². The van der Waals surface area contributed by atoms with Gasteiger partial charge >= 0.3 is 0 Å². The highest BCUT2D eigenvalue weighted by atomic mass is 16.5. The van der Waals surface area contributed by atoms with Gasteiger partial charge in [0.05, 0.1) is 0 Å². The van der Waals surface area contributed by atoms with E-state index >= 15 is 0 Å². The maximum absolute atomic E-state index is 12.5. The van der Waals surface area contributed by atoms with Crippen molar-refractivity contribution in [3.8, 4) is 5.75 Å². The van der Waals surface area contributed by atoms with Gasteiger partial charge in [0.2, 0.25) is 0 Å². The van der Waals surface area contributed by atoms with E-state index in [9.17, 15) is 9.59 Å². The Morgan fingerprint density at radius 2 is 1.85 bits per heavy atom. The Labute approximate surface area is 158 Å². The summed E-state index contributed by atoms with van der Waals surface area (Å²) in [6.07, 6.45) is 1.87. The third-order valence-corrected chi connectivity index (χ3v) is 5.01. The highest BCUT2D eigenvalue weighted by Crippen LogP contribution is 2.28. The summed E-state index contributed by atoms with van der Waals surface area (Å²) >= 11 is 0. The summed E-state index contributed by atoms with van der Waals surface area (Å²) in [6.45, 7) is 1.84. The summed E-state index contributed by atoms with van der Waals surface area (Å²) in [7, 11) is 0. The Hall–Kier alpha value is -2.86. The van der Waals surface area contributed by atoms with Crippen LogP contribution < -0.4 is 20.7 Å². The zero-order valence-electron chi connectivity index (χ0n) is 15.0. The smallest absolute Gasteiger partial charge is 0.265 e. The number of carbonyl (C=O) groups excluding carboxylic acids is 2. The van der Waals surface area contributed by atoms with Crippen LogP contribution in [-0.2, 0) is 11.2 Å². The molecule has 2 heterocycles. The van der Waals surface area contributed by atoms with Gasteiger partial charge in [0.25, 0.3) is 11.8 Å². The minimum atomic E-state index is -0.547. The molecule has 2 aromatic carbocycles. The Bertz CT molecular complexity index is 821. The minimum absolute atomic E-state index is 0.109. The number of piperidine rings is 1. The first kappa shape index (κ1) is 17.5. The maximum Gasteiger partial charge on any atom is 0.265 e. The number of anilines is 1. The second-order valence-corrected chi connectivity index (χ2v) is 6.99. The normalized spacial score (nSPS) is 19.0. The summed E-state index contributed by atoms with van der Waals surface area (Å²) in [5.74, 6) is 0.442. The fourth-order valence-corrected chi connectivity index (χ4v) is 3.52. The molecule has 0 saturated carbocycles. The van der Waals surface area contributed by atoms with E-state index in [1.807, 2.05) is 24.3 Å². The van der Waals surface area contributed by atoms with Crippen LogP contribution in [0.5, 0.6) is 5.75 Å². The van der Waals surface area contributed by atoms with Crippen LogP contribution in [0, 0.1) is 0 Å². The number of carbonyl (C=O) groups is 2. The number of rotatable bonds is 4. The third-order valence-electron chi connectivity index (χ3n) is 5.01. The van der Waals surface area contributed by atoms with E-state index in [-0.39, 0.29) is 17.9 Å². The molecule has 1 saturated heterocycles. The van der Waals surface area contributed by atoms with Crippen molar-refractivity contribution >= 4 is 17.5 Å². The largest absolute Gasteiger partial charge is 0.480 e. The van der Waals surface area contributed by atoms with E-state index in [0.717, 1.165) is 37.2 Å². The molecule has 4 rings (SSSR count). The van der Waals surface area contributed by atoms with Crippen molar-refractivity contribution < 1.29 is 14.3 Å². The van der Waals surface area contributed by atoms with Crippen molar-refractivity contribution in [2.45, 2.75) is 31.4 Å². The molecule has 0 spiro atoms. The van der Waals surface area contributed by atoms with Crippen LogP contribution in [-0.4, -0.2) is 37.0 Å². The number of para-hydroxylation sites is 1. The molecule has 3 N–H and O–H groups in total. The van der Waals surface area contributed by atoms with Gasteiger partial charge < -0.3 is 20.7 Å². The zero-order chi connectivity index (χ0) is 18.6. The highest BCUT2D eigenvalue weighted by molar-refractivity contribution is 5.98. The van der Waals surface area contributed by atoms with Crippen LogP contribution in [0.3, 0.4) is 0 Å². The molecule has 2 amide bonds. The van der Waals surface area contributed by atoms with E-state index in [0.29, 0.717) is 17.7 Å². The van der Waals surface area contributed by atoms with Crippen LogP contribution in [0.1, 0.15) is 28.8 Å². The molecule has 0 radical (unpaired) electrons. The first-order valence-corrected chi connectivity index (χ1v) is 9.36. The number of ether oxygens (including phenoxy) is 1.